The van der Waals surface area contributed by atoms with E-state index < -0.39 is 0 Å². The highest BCUT2D eigenvalue weighted by Crippen LogP contribution is 2.40. The summed E-state index contributed by atoms with van der Waals surface area (Å²) in [5.41, 5.74) is 2.90. The van der Waals surface area contributed by atoms with Crippen molar-refractivity contribution >= 4 is 11.8 Å². The van der Waals surface area contributed by atoms with E-state index >= 15 is 0 Å². The van der Waals surface area contributed by atoms with Crippen LogP contribution in [0.2, 0.25) is 0 Å². The fourth-order valence-corrected chi connectivity index (χ4v) is 3.96. The Morgan fingerprint density at radius 1 is 1.40 bits per heavy atom. The normalized spacial score (nSPS) is 21.1. The molecule has 0 saturated carbocycles. The Bertz CT molecular complexity index is 581. The second kappa shape index (κ2) is 5.97. The first-order valence-corrected chi connectivity index (χ1v) is 7.99. The summed E-state index contributed by atoms with van der Waals surface area (Å²) >= 11 is 1.83. The predicted octanol–water partition coefficient (Wildman–Crippen LogP) is 2.57. The summed E-state index contributed by atoms with van der Waals surface area (Å²) in [6.45, 7) is 3.26. The molecule has 1 heterocycles. The average molecular weight is 288 g/mol. The summed E-state index contributed by atoms with van der Waals surface area (Å²) in [6, 6.07) is 9.17. The van der Waals surface area contributed by atoms with Gasteiger partial charge in [0.05, 0.1) is 0 Å². The van der Waals surface area contributed by atoms with Gasteiger partial charge in [0.25, 0.3) is 0 Å². The van der Waals surface area contributed by atoms with Crippen molar-refractivity contribution in [2.75, 3.05) is 6.54 Å². The van der Waals surface area contributed by atoms with E-state index in [0.29, 0.717) is 11.3 Å². The van der Waals surface area contributed by atoms with Gasteiger partial charge in [-0.25, -0.2) is 9.67 Å². The maximum atomic E-state index is 4.34. The van der Waals surface area contributed by atoms with E-state index in [1.165, 1.54) is 11.1 Å². The Labute approximate surface area is 124 Å². The minimum atomic E-state index is 0.410. The Morgan fingerprint density at radius 2 is 2.25 bits per heavy atom. The van der Waals surface area contributed by atoms with Crippen LogP contribution in [0, 0.1) is 0 Å². The topological polar surface area (TPSA) is 42.7 Å². The number of fused-ring (bicyclic) bond motifs is 1. The van der Waals surface area contributed by atoms with Crippen molar-refractivity contribution in [1.82, 2.24) is 20.1 Å². The maximum Gasteiger partial charge on any atom is 0.186 e. The molecule has 3 rings (SSSR count). The summed E-state index contributed by atoms with van der Waals surface area (Å²) in [6.07, 6.45) is 3.87. The highest BCUT2D eigenvalue weighted by molar-refractivity contribution is 7.99. The lowest BCUT2D eigenvalue weighted by molar-refractivity contribution is 0.537. The van der Waals surface area contributed by atoms with Gasteiger partial charge in [-0.05, 0) is 30.5 Å². The van der Waals surface area contributed by atoms with E-state index in [-0.39, 0.29) is 0 Å². The van der Waals surface area contributed by atoms with Crippen molar-refractivity contribution < 1.29 is 0 Å². The zero-order valence-electron chi connectivity index (χ0n) is 11.9. The van der Waals surface area contributed by atoms with Gasteiger partial charge in [0, 0.05) is 18.3 Å². The average Bonchev–Trinajstić information content (AvgIpc) is 3.01. The van der Waals surface area contributed by atoms with Crippen LogP contribution < -0.4 is 5.32 Å². The zero-order chi connectivity index (χ0) is 13.9. The van der Waals surface area contributed by atoms with Crippen molar-refractivity contribution in [2.45, 2.75) is 36.2 Å². The lowest BCUT2D eigenvalue weighted by atomic mass is 10.1. The zero-order valence-corrected chi connectivity index (χ0v) is 12.7. The Morgan fingerprint density at radius 3 is 3.00 bits per heavy atom. The number of nitrogens with zero attached hydrogens (tertiary/aromatic N) is 3. The van der Waals surface area contributed by atoms with Crippen molar-refractivity contribution in [3.8, 4) is 0 Å². The van der Waals surface area contributed by atoms with Crippen molar-refractivity contribution in [2.24, 2.45) is 7.05 Å². The van der Waals surface area contributed by atoms with Gasteiger partial charge >= 0.3 is 0 Å². The van der Waals surface area contributed by atoms with Crippen molar-refractivity contribution in [3.63, 3.8) is 0 Å². The molecule has 106 valence electrons. The number of aromatic nitrogens is 3. The molecule has 0 saturated heterocycles. The molecule has 1 aliphatic carbocycles. The van der Waals surface area contributed by atoms with Crippen LogP contribution in [0.1, 0.15) is 30.5 Å². The van der Waals surface area contributed by atoms with Gasteiger partial charge in [0.15, 0.2) is 5.16 Å². The van der Waals surface area contributed by atoms with E-state index in [1.807, 2.05) is 23.5 Å². The summed E-state index contributed by atoms with van der Waals surface area (Å²) in [7, 11) is 1.95. The Hall–Kier alpha value is -1.33. The van der Waals surface area contributed by atoms with Gasteiger partial charge in [0.1, 0.15) is 6.33 Å². The molecule has 2 atom stereocenters. The van der Waals surface area contributed by atoms with Crippen molar-refractivity contribution in [3.05, 3.63) is 41.7 Å². The van der Waals surface area contributed by atoms with E-state index in [1.54, 1.807) is 6.33 Å². The summed E-state index contributed by atoms with van der Waals surface area (Å²) < 4.78 is 1.85. The van der Waals surface area contributed by atoms with Gasteiger partial charge in [-0.1, -0.05) is 43.0 Å². The molecule has 0 amide bonds. The molecule has 1 N–H and O–H groups in total. The minimum Gasteiger partial charge on any atom is -0.309 e. The van der Waals surface area contributed by atoms with Crippen LogP contribution >= 0.6 is 11.8 Å². The third-order valence-corrected chi connectivity index (χ3v) is 5.05. The number of aryl methyl sites for hydroxylation is 1. The number of rotatable bonds is 5. The van der Waals surface area contributed by atoms with E-state index in [2.05, 4.69) is 46.6 Å². The van der Waals surface area contributed by atoms with Gasteiger partial charge in [-0.15, -0.1) is 0 Å². The molecule has 2 aromatic rings. The van der Waals surface area contributed by atoms with Gasteiger partial charge in [0.2, 0.25) is 0 Å². The molecule has 0 aliphatic heterocycles. The first-order chi connectivity index (χ1) is 9.79. The fraction of sp³-hybridized carbons (Fsp3) is 0.467. The first-order valence-electron chi connectivity index (χ1n) is 7.11. The second-order valence-electron chi connectivity index (χ2n) is 5.16. The third-order valence-electron chi connectivity index (χ3n) is 3.72. The molecule has 0 radical (unpaired) electrons. The quantitative estimate of drug-likeness (QED) is 0.918. The van der Waals surface area contributed by atoms with E-state index in [4.69, 9.17) is 0 Å². The molecule has 1 aromatic carbocycles. The molecule has 1 aromatic heterocycles. The Kier molecular flexibility index (Phi) is 4.08. The van der Waals surface area contributed by atoms with Gasteiger partial charge < -0.3 is 5.32 Å². The number of hydrogen-bond acceptors (Lipinski definition) is 4. The van der Waals surface area contributed by atoms with Crippen LogP contribution in [0.25, 0.3) is 0 Å². The van der Waals surface area contributed by atoms with Gasteiger partial charge in [-0.2, -0.15) is 5.10 Å². The molecule has 1 aliphatic rings. The second-order valence-corrected chi connectivity index (χ2v) is 6.36. The van der Waals surface area contributed by atoms with E-state index in [0.717, 1.165) is 24.5 Å². The molecule has 20 heavy (non-hydrogen) atoms. The number of thioether (sulfide) groups is 1. The SMILES string of the molecule is CCCNC1c2ccccc2CC1Sc1ncnn1C. The highest BCUT2D eigenvalue weighted by atomic mass is 32.2. The molecule has 2 unspecified atom stereocenters. The molecule has 0 fully saturated rings. The first kappa shape index (κ1) is 13.6. The maximum absolute atomic E-state index is 4.34. The van der Waals surface area contributed by atoms with E-state index in [9.17, 15) is 0 Å². The van der Waals surface area contributed by atoms with Crippen LogP contribution in [-0.2, 0) is 13.5 Å². The lowest BCUT2D eigenvalue weighted by Crippen LogP contribution is -2.28. The number of benzene rings is 1. The van der Waals surface area contributed by atoms with Crippen molar-refractivity contribution in [1.29, 1.82) is 0 Å². The summed E-state index contributed by atoms with van der Waals surface area (Å²) in [5, 5.41) is 9.33. The summed E-state index contributed by atoms with van der Waals surface area (Å²) in [4.78, 5) is 4.34. The van der Waals surface area contributed by atoms with Crippen LogP contribution in [-0.4, -0.2) is 26.6 Å². The molecule has 0 spiro atoms. The fourth-order valence-electron chi connectivity index (χ4n) is 2.74. The minimum absolute atomic E-state index is 0.410. The predicted molar refractivity (Wildman–Crippen MR) is 81.8 cm³/mol. The molecule has 5 heteroatoms. The molecular weight excluding hydrogens is 268 g/mol. The van der Waals surface area contributed by atoms with Crippen LogP contribution in [0.5, 0.6) is 0 Å². The number of nitrogens with one attached hydrogen (secondary N) is 1. The highest BCUT2D eigenvalue weighted by Gasteiger charge is 2.33. The monoisotopic (exact) mass is 288 g/mol. The third kappa shape index (κ3) is 2.60. The largest absolute Gasteiger partial charge is 0.309 e. The lowest BCUT2D eigenvalue weighted by Gasteiger charge is -2.21. The Balaban J connectivity index is 1.82. The summed E-state index contributed by atoms with van der Waals surface area (Å²) in [5.74, 6) is 0. The van der Waals surface area contributed by atoms with Gasteiger partial charge in [-0.3, -0.25) is 0 Å². The van der Waals surface area contributed by atoms with Crippen LogP contribution in [0.15, 0.2) is 35.7 Å². The molecule has 4 nitrogen and oxygen atoms in total. The standard InChI is InChI=1S/C15H20N4S/c1-3-8-16-14-12-7-5-4-6-11(12)9-13(14)20-15-17-10-18-19(15)2/h4-7,10,13-14,16H,3,8-9H2,1-2H3. The smallest absolute Gasteiger partial charge is 0.186 e. The van der Waals surface area contributed by atoms with Crippen LogP contribution in [0.4, 0.5) is 0 Å². The molecule has 0 bridgehead atoms. The number of hydrogen-bond donors (Lipinski definition) is 1. The molecular formula is C15H20N4S. The van der Waals surface area contributed by atoms with Crippen LogP contribution in [0.3, 0.4) is 0 Å².